The molecule has 0 unspecified atom stereocenters. The number of aromatic nitrogens is 3. The third kappa shape index (κ3) is 2.84. The van der Waals surface area contributed by atoms with E-state index in [2.05, 4.69) is 15.1 Å². The van der Waals surface area contributed by atoms with E-state index in [1.165, 1.54) is 12.8 Å². The lowest BCUT2D eigenvalue weighted by molar-refractivity contribution is -0.146. The first-order valence-electron chi connectivity index (χ1n) is 8.56. The van der Waals surface area contributed by atoms with Crippen molar-refractivity contribution in [3.63, 3.8) is 0 Å². The summed E-state index contributed by atoms with van der Waals surface area (Å²) in [5.41, 5.74) is -0.323. The summed E-state index contributed by atoms with van der Waals surface area (Å²) in [5, 5.41) is 7.44. The molecule has 0 bridgehead atoms. The minimum Gasteiger partial charge on any atom is -0.342 e. The summed E-state index contributed by atoms with van der Waals surface area (Å²) in [6.07, 6.45) is 8.41. The van der Waals surface area contributed by atoms with Crippen LogP contribution in [-0.4, -0.2) is 62.6 Å². The molecule has 2 amide bonds. The zero-order valence-electron chi connectivity index (χ0n) is 13.4. The Labute approximate surface area is 135 Å². The molecule has 0 radical (unpaired) electrons. The quantitative estimate of drug-likeness (QED) is 0.812. The normalized spacial score (nSPS) is 27.9. The molecule has 4 rings (SSSR count). The number of piperidine rings is 1. The minimum atomic E-state index is -0.323. The van der Waals surface area contributed by atoms with Gasteiger partial charge in [0.15, 0.2) is 0 Å². The molecule has 1 saturated carbocycles. The van der Waals surface area contributed by atoms with E-state index in [1.54, 1.807) is 17.2 Å². The molecule has 3 aliphatic rings. The topological polar surface area (TPSA) is 71.3 Å². The maximum absolute atomic E-state index is 13.0. The number of likely N-dealkylation sites (tertiary alicyclic amines) is 2. The average molecular weight is 317 g/mol. The van der Waals surface area contributed by atoms with Crippen molar-refractivity contribution in [1.82, 2.24) is 24.6 Å². The van der Waals surface area contributed by atoms with Gasteiger partial charge in [-0.1, -0.05) is 0 Å². The van der Waals surface area contributed by atoms with E-state index in [4.69, 9.17) is 0 Å². The lowest BCUT2D eigenvalue weighted by Gasteiger charge is -2.39. The van der Waals surface area contributed by atoms with Crippen LogP contribution < -0.4 is 0 Å². The summed E-state index contributed by atoms with van der Waals surface area (Å²) in [6, 6.07) is 0. The van der Waals surface area contributed by atoms with E-state index in [9.17, 15) is 9.59 Å². The molecular weight excluding hydrogens is 294 g/mol. The highest BCUT2D eigenvalue weighted by molar-refractivity contribution is 5.86. The molecule has 0 aromatic carbocycles. The minimum absolute atomic E-state index is 0.0498. The summed E-state index contributed by atoms with van der Waals surface area (Å²) in [6.45, 7) is 3.34. The predicted molar refractivity (Wildman–Crippen MR) is 82.2 cm³/mol. The zero-order valence-corrected chi connectivity index (χ0v) is 13.4. The van der Waals surface area contributed by atoms with Crippen molar-refractivity contribution < 1.29 is 9.59 Å². The molecule has 1 aliphatic carbocycles. The van der Waals surface area contributed by atoms with E-state index in [0.717, 1.165) is 38.3 Å². The standard InChI is InChI=1S/C16H23N5O2/c22-14(9-19-11-17-18-12-19)21-7-5-16(10-21)4-1-6-20(15(16)23)8-13-2-3-13/h11-13H,1-10H2/t16-/m1/s1. The van der Waals surface area contributed by atoms with Crippen LogP contribution in [0.5, 0.6) is 0 Å². The maximum atomic E-state index is 13.0. The van der Waals surface area contributed by atoms with Gasteiger partial charge in [0.25, 0.3) is 0 Å². The van der Waals surface area contributed by atoms with Gasteiger partial charge in [-0.05, 0) is 38.0 Å². The van der Waals surface area contributed by atoms with Crippen molar-refractivity contribution >= 4 is 11.8 Å². The molecular formula is C16H23N5O2. The van der Waals surface area contributed by atoms with Gasteiger partial charge in [0.2, 0.25) is 11.8 Å². The van der Waals surface area contributed by atoms with Crippen LogP contribution >= 0.6 is 0 Å². The van der Waals surface area contributed by atoms with E-state index in [1.807, 2.05) is 4.90 Å². The van der Waals surface area contributed by atoms with Gasteiger partial charge in [-0.25, -0.2) is 0 Å². The van der Waals surface area contributed by atoms with Gasteiger partial charge in [0.1, 0.15) is 19.2 Å². The van der Waals surface area contributed by atoms with E-state index < -0.39 is 0 Å². The number of carbonyl (C=O) groups is 2. The van der Waals surface area contributed by atoms with E-state index in [0.29, 0.717) is 13.1 Å². The highest BCUT2D eigenvalue weighted by Crippen LogP contribution is 2.41. The Balaban J connectivity index is 1.41. The molecule has 3 heterocycles. The van der Waals surface area contributed by atoms with Crippen LogP contribution in [0.25, 0.3) is 0 Å². The number of hydrogen-bond donors (Lipinski definition) is 0. The van der Waals surface area contributed by atoms with Gasteiger partial charge in [-0.15, -0.1) is 10.2 Å². The molecule has 3 fully saturated rings. The molecule has 1 aromatic heterocycles. The molecule has 23 heavy (non-hydrogen) atoms. The first kappa shape index (κ1) is 14.7. The lowest BCUT2D eigenvalue weighted by atomic mass is 9.78. The first-order valence-corrected chi connectivity index (χ1v) is 8.56. The second kappa shape index (κ2) is 5.62. The Bertz CT molecular complexity index is 598. The van der Waals surface area contributed by atoms with Crippen LogP contribution in [0.1, 0.15) is 32.1 Å². The largest absolute Gasteiger partial charge is 0.342 e. The smallest absolute Gasteiger partial charge is 0.242 e. The summed E-state index contributed by atoms with van der Waals surface area (Å²) in [4.78, 5) is 29.3. The zero-order chi connectivity index (χ0) is 15.9. The van der Waals surface area contributed by atoms with Gasteiger partial charge >= 0.3 is 0 Å². The van der Waals surface area contributed by atoms with E-state index >= 15 is 0 Å². The SMILES string of the molecule is O=C(Cn1cnnc1)N1CC[C@]2(CCCN(CC3CC3)C2=O)C1. The number of nitrogens with zero attached hydrogens (tertiary/aromatic N) is 5. The molecule has 2 saturated heterocycles. The van der Waals surface area contributed by atoms with Crippen LogP contribution in [0.15, 0.2) is 12.7 Å². The fourth-order valence-corrected chi connectivity index (χ4v) is 3.96. The number of carbonyl (C=O) groups excluding carboxylic acids is 2. The van der Waals surface area contributed by atoms with Gasteiger partial charge in [-0.2, -0.15) is 0 Å². The summed E-state index contributed by atoms with van der Waals surface area (Å²) >= 11 is 0. The highest BCUT2D eigenvalue weighted by atomic mass is 16.2. The van der Waals surface area contributed by atoms with Gasteiger partial charge in [0.05, 0.1) is 5.41 Å². The van der Waals surface area contributed by atoms with Gasteiger partial charge in [0, 0.05) is 26.2 Å². The Hall–Kier alpha value is -1.92. The molecule has 0 N–H and O–H groups in total. The maximum Gasteiger partial charge on any atom is 0.242 e. The van der Waals surface area contributed by atoms with Crippen molar-refractivity contribution in [2.24, 2.45) is 11.3 Å². The van der Waals surface area contributed by atoms with Crippen LogP contribution in [0.4, 0.5) is 0 Å². The highest BCUT2D eigenvalue weighted by Gasteiger charge is 2.49. The Kier molecular flexibility index (Phi) is 3.58. The van der Waals surface area contributed by atoms with Gasteiger partial charge in [-0.3, -0.25) is 9.59 Å². The van der Waals surface area contributed by atoms with Crippen molar-refractivity contribution in [2.75, 3.05) is 26.2 Å². The first-order chi connectivity index (χ1) is 11.2. The molecule has 7 nitrogen and oxygen atoms in total. The second-order valence-corrected chi connectivity index (χ2v) is 7.28. The number of amides is 2. The lowest BCUT2D eigenvalue weighted by Crippen LogP contribution is -2.51. The van der Waals surface area contributed by atoms with E-state index in [-0.39, 0.29) is 23.8 Å². The van der Waals surface area contributed by atoms with Crippen molar-refractivity contribution in [3.8, 4) is 0 Å². The number of rotatable bonds is 4. The van der Waals surface area contributed by atoms with Crippen molar-refractivity contribution in [2.45, 2.75) is 38.6 Å². The predicted octanol–water partition coefficient (Wildman–Crippen LogP) is 0.529. The Morgan fingerprint density at radius 1 is 1.22 bits per heavy atom. The van der Waals surface area contributed by atoms with Crippen LogP contribution in [0, 0.1) is 11.3 Å². The Morgan fingerprint density at radius 2 is 2.00 bits per heavy atom. The van der Waals surface area contributed by atoms with Crippen LogP contribution in [-0.2, 0) is 16.1 Å². The van der Waals surface area contributed by atoms with Crippen molar-refractivity contribution in [1.29, 1.82) is 0 Å². The molecule has 1 atom stereocenters. The molecule has 1 aromatic rings. The molecule has 7 heteroatoms. The monoisotopic (exact) mass is 317 g/mol. The average Bonchev–Trinajstić information content (AvgIpc) is 3.03. The second-order valence-electron chi connectivity index (χ2n) is 7.28. The molecule has 1 spiro atoms. The van der Waals surface area contributed by atoms with Crippen LogP contribution in [0.3, 0.4) is 0 Å². The summed E-state index contributed by atoms with van der Waals surface area (Å²) < 4.78 is 1.68. The van der Waals surface area contributed by atoms with Gasteiger partial charge < -0.3 is 14.4 Å². The van der Waals surface area contributed by atoms with Crippen LogP contribution in [0.2, 0.25) is 0 Å². The fraction of sp³-hybridized carbons (Fsp3) is 0.750. The number of hydrogen-bond acceptors (Lipinski definition) is 4. The summed E-state index contributed by atoms with van der Waals surface area (Å²) in [7, 11) is 0. The third-order valence-corrected chi connectivity index (χ3v) is 5.49. The fourth-order valence-electron chi connectivity index (χ4n) is 3.96. The molecule has 2 aliphatic heterocycles. The van der Waals surface area contributed by atoms with Crippen molar-refractivity contribution in [3.05, 3.63) is 12.7 Å². The third-order valence-electron chi connectivity index (χ3n) is 5.49. The Morgan fingerprint density at radius 3 is 2.74 bits per heavy atom. The molecule has 124 valence electrons. The summed E-state index contributed by atoms with van der Waals surface area (Å²) in [5.74, 6) is 1.06.